The summed E-state index contributed by atoms with van der Waals surface area (Å²) in [5, 5.41) is 0. The molecule has 0 radical (unpaired) electrons. The van der Waals surface area contributed by atoms with Gasteiger partial charge in [0.05, 0.1) is 6.04 Å². The Hall–Kier alpha value is -1.59. The van der Waals surface area contributed by atoms with Crippen molar-refractivity contribution < 1.29 is 4.79 Å². The Morgan fingerprint density at radius 1 is 1.14 bits per heavy atom. The number of carbonyl (C=O) groups is 1. The minimum atomic E-state index is 0.235. The summed E-state index contributed by atoms with van der Waals surface area (Å²) in [6, 6.07) is 7.94. The van der Waals surface area contributed by atoms with Crippen LogP contribution in [0.15, 0.2) is 24.3 Å². The van der Waals surface area contributed by atoms with E-state index in [0.29, 0.717) is 12.5 Å². The Labute approximate surface area is 126 Å². The summed E-state index contributed by atoms with van der Waals surface area (Å²) in [6.07, 6.45) is 1.61. The van der Waals surface area contributed by atoms with Crippen molar-refractivity contribution in [2.45, 2.75) is 18.9 Å². The van der Waals surface area contributed by atoms with E-state index >= 15 is 0 Å². The smallest absolute Gasteiger partial charge is 0.227 e. The highest BCUT2D eigenvalue weighted by Gasteiger charge is 2.33. The maximum atomic E-state index is 12.2. The average molecular weight is 288 g/mol. The van der Waals surface area contributed by atoms with E-state index < -0.39 is 0 Å². The van der Waals surface area contributed by atoms with Crippen LogP contribution >= 0.6 is 0 Å². The van der Waals surface area contributed by atoms with Crippen molar-refractivity contribution in [3.63, 3.8) is 0 Å². The highest BCUT2D eigenvalue weighted by Crippen LogP contribution is 2.28. The predicted molar refractivity (Wildman–Crippen MR) is 85.3 cm³/mol. The van der Waals surface area contributed by atoms with Gasteiger partial charge in [0.25, 0.3) is 0 Å². The summed E-state index contributed by atoms with van der Waals surface area (Å²) < 4.78 is 0. The van der Waals surface area contributed by atoms with Gasteiger partial charge in [-0.2, -0.15) is 0 Å². The molecule has 1 aromatic carbocycles. The van der Waals surface area contributed by atoms with Gasteiger partial charge in [0.2, 0.25) is 5.91 Å². The molecule has 1 unspecified atom stereocenters. The lowest BCUT2D eigenvalue weighted by molar-refractivity contribution is -0.117. The SMILES string of the molecule is CN1CCN(CC2CCC(=O)N2c2ccc(N)cc2)CC1. The molecule has 2 saturated heterocycles. The van der Waals surface area contributed by atoms with E-state index in [-0.39, 0.29) is 5.91 Å². The van der Waals surface area contributed by atoms with E-state index in [2.05, 4.69) is 16.8 Å². The van der Waals surface area contributed by atoms with Gasteiger partial charge in [0.15, 0.2) is 0 Å². The topological polar surface area (TPSA) is 52.8 Å². The molecule has 5 heteroatoms. The Balaban J connectivity index is 1.69. The minimum Gasteiger partial charge on any atom is -0.399 e. The van der Waals surface area contributed by atoms with Crippen molar-refractivity contribution in [2.24, 2.45) is 0 Å². The van der Waals surface area contributed by atoms with Gasteiger partial charge >= 0.3 is 0 Å². The number of carbonyl (C=O) groups excluding carboxylic acids is 1. The lowest BCUT2D eigenvalue weighted by Gasteiger charge is -2.36. The maximum Gasteiger partial charge on any atom is 0.227 e. The Morgan fingerprint density at radius 2 is 1.81 bits per heavy atom. The highest BCUT2D eigenvalue weighted by atomic mass is 16.2. The van der Waals surface area contributed by atoms with E-state index in [1.165, 1.54) is 0 Å². The number of hydrogen-bond donors (Lipinski definition) is 1. The predicted octanol–water partition coefficient (Wildman–Crippen LogP) is 1.01. The summed E-state index contributed by atoms with van der Waals surface area (Å²) in [6.45, 7) is 5.39. The average Bonchev–Trinajstić information content (AvgIpc) is 2.83. The summed E-state index contributed by atoms with van der Waals surface area (Å²) >= 11 is 0. The number of rotatable bonds is 3. The monoisotopic (exact) mass is 288 g/mol. The number of nitrogens with two attached hydrogens (primary N) is 1. The zero-order valence-electron chi connectivity index (χ0n) is 12.7. The largest absolute Gasteiger partial charge is 0.399 e. The van der Waals surface area contributed by atoms with Crippen LogP contribution in [0.5, 0.6) is 0 Å². The molecular formula is C16H24N4O. The van der Waals surface area contributed by atoms with Gasteiger partial charge in [-0.25, -0.2) is 0 Å². The second kappa shape index (κ2) is 6.03. The molecule has 0 spiro atoms. The fourth-order valence-electron chi connectivity index (χ4n) is 3.23. The molecule has 1 aromatic rings. The van der Waals surface area contributed by atoms with Crippen LogP contribution in [0.25, 0.3) is 0 Å². The van der Waals surface area contributed by atoms with Crippen molar-refractivity contribution in [2.75, 3.05) is 50.4 Å². The van der Waals surface area contributed by atoms with Gasteiger partial charge in [0, 0.05) is 50.5 Å². The van der Waals surface area contributed by atoms with Crippen molar-refractivity contribution in [1.29, 1.82) is 0 Å². The van der Waals surface area contributed by atoms with Gasteiger partial charge < -0.3 is 15.5 Å². The van der Waals surface area contributed by atoms with Crippen LogP contribution in [-0.2, 0) is 4.79 Å². The fourth-order valence-corrected chi connectivity index (χ4v) is 3.23. The summed E-state index contributed by atoms with van der Waals surface area (Å²) in [7, 11) is 2.16. The van der Waals surface area contributed by atoms with Crippen molar-refractivity contribution in [3.8, 4) is 0 Å². The van der Waals surface area contributed by atoms with Gasteiger partial charge in [0.1, 0.15) is 0 Å². The molecule has 1 amide bonds. The molecule has 21 heavy (non-hydrogen) atoms. The molecule has 0 aromatic heterocycles. The molecule has 2 N–H and O–H groups in total. The van der Waals surface area contributed by atoms with Crippen molar-refractivity contribution in [3.05, 3.63) is 24.3 Å². The summed E-state index contributed by atoms with van der Waals surface area (Å²) in [4.78, 5) is 19.0. The molecule has 3 rings (SSSR count). The summed E-state index contributed by atoms with van der Waals surface area (Å²) in [5.74, 6) is 0.235. The van der Waals surface area contributed by atoms with Gasteiger partial charge in [-0.05, 0) is 37.7 Å². The summed E-state index contributed by atoms with van der Waals surface area (Å²) in [5.41, 5.74) is 7.46. The van der Waals surface area contributed by atoms with E-state index in [1.54, 1.807) is 0 Å². The molecule has 0 aliphatic carbocycles. The highest BCUT2D eigenvalue weighted by molar-refractivity contribution is 5.96. The fraction of sp³-hybridized carbons (Fsp3) is 0.562. The van der Waals surface area contributed by atoms with E-state index in [1.807, 2.05) is 29.2 Å². The first kappa shape index (κ1) is 14.4. The first-order valence-corrected chi connectivity index (χ1v) is 7.72. The molecule has 0 bridgehead atoms. The van der Waals surface area contributed by atoms with E-state index in [0.717, 1.165) is 50.5 Å². The lowest BCUT2D eigenvalue weighted by Crippen LogP contribution is -2.49. The van der Waals surface area contributed by atoms with Crippen molar-refractivity contribution >= 4 is 17.3 Å². The third kappa shape index (κ3) is 3.19. The van der Waals surface area contributed by atoms with Crippen LogP contribution in [0.4, 0.5) is 11.4 Å². The first-order chi connectivity index (χ1) is 10.1. The van der Waals surface area contributed by atoms with Gasteiger partial charge in [-0.1, -0.05) is 0 Å². The van der Waals surface area contributed by atoms with E-state index in [9.17, 15) is 4.79 Å². The Kier molecular flexibility index (Phi) is 4.12. The Bertz CT molecular complexity index is 494. The van der Waals surface area contributed by atoms with Crippen LogP contribution in [0, 0.1) is 0 Å². The molecule has 2 aliphatic rings. The number of likely N-dealkylation sites (N-methyl/N-ethyl adjacent to an activating group) is 1. The van der Waals surface area contributed by atoms with Crippen LogP contribution in [0.3, 0.4) is 0 Å². The number of piperazine rings is 1. The standard InChI is InChI=1S/C16H24N4O/c1-18-8-10-19(11-9-18)12-15-6-7-16(21)20(15)14-4-2-13(17)3-5-14/h2-5,15H,6-12,17H2,1H3. The molecule has 2 fully saturated rings. The molecule has 0 saturated carbocycles. The quantitative estimate of drug-likeness (QED) is 0.844. The lowest BCUT2D eigenvalue weighted by atomic mass is 10.1. The zero-order valence-corrected chi connectivity index (χ0v) is 12.7. The number of nitrogen functional groups attached to an aromatic ring is 1. The van der Waals surface area contributed by atoms with Crippen molar-refractivity contribution in [1.82, 2.24) is 9.80 Å². The molecule has 114 valence electrons. The molecule has 5 nitrogen and oxygen atoms in total. The number of amides is 1. The molecular weight excluding hydrogens is 264 g/mol. The first-order valence-electron chi connectivity index (χ1n) is 7.72. The minimum absolute atomic E-state index is 0.235. The maximum absolute atomic E-state index is 12.2. The Morgan fingerprint density at radius 3 is 2.48 bits per heavy atom. The normalized spacial score (nSPS) is 24.7. The molecule has 2 aliphatic heterocycles. The third-order valence-corrected chi connectivity index (χ3v) is 4.56. The number of anilines is 2. The van der Waals surface area contributed by atoms with Gasteiger partial charge in [-0.15, -0.1) is 0 Å². The van der Waals surface area contributed by atoms with Crippen LogP contribution in [0.1, 0.15) is 12.8 Å². The molecule has 2 heterocycles. The third-order valence-electron chi connectivity index (χ3n) is 4.56. The number of nitrogens with zero attached hydrogens (tertiary/aromatic N) is 3. The molecule has 1 atom stereocenters. The van der Waals surface area contributed by atoms with Crippen LogP contribution < -0.4 is 10.6 Å². The second-order valence-electron chi connectivity index (χ2n) is 6.15. The second-order valence-corrected chi connectivity index (χ2v) is 6.15. The number of benzene rings is 1. The van der Waals surface area contributed by atoms with Crippen LogP contribution in [0.2, 0.25) is 0 Å². The van der Waals surface area contributed by atoms with Gasteiger partial charge in [-0.3, -0.25) is 9.69 Å². The number of hydrogen-bond acceptors (Lipinski definition) is 4. The van der Waals surface area contributed by atoms with Crippen LogP contribution in [-0.4, -0.2) is 61.5 Å². The van der Waals surface area contributed by atoms with E-state index in [4.69, 9.17) is 5.73 Å². The zero-order chi connectivity index (χ0) is 14.8.